The smallest absolute Gasteiger partial charge is 0.248 e. The molecule has 0 spiro atoms. The summed E-state index contributed by atoms with van der Waals surface area (Å²) in [6, 6.07) is 0.151. The highest BCUT2D eigenvalue weighted by Crippen LogP contribution is 2.33. The van der Waals surface area contributed by atoms with Crippen molar-refractivity contribution >= 4 is 11.7 Å². The van der Waals surface area contributed by atoms with E-state index in [2.05, 4.69) is 0 Å². The van der Waals surface area contributed by atoms with Crippen molar-refractivity contribution in [2.24, 2.45) is 5.92 Å². The fraction of sp³-hybridized carbons (Fsp3) is 0.833. The second-order valence-corrected chi connectivity index (χ2v) is 4.69. The highest BCUT2D eigenvalue weighted by molar-refractivity contribution is 5.85. The van der Waals surface area contributed by atoms with Gasteiger partial charge in [-0.1, -0.05) is 0 Å². The number of likely N-dealkylation sites (tertiary alicyclic amines) is 1. The Bertz CT molecular complexity index is 290. The average molecular weight is 225 g/mol. The van der Waals surface area contributed by atoms with Crippen molar-refractivity contribution in [1.29, 1.82) is 0 Å². The average Bonchev–Trinajstić information content (AvgIpc) is 2.85. The standard InChI is InChI=1S/C12H19NO3/c1-16-8-12(15)13-7-3-5-10(13)9-4-2-6-11(9)14/h9-10H,2-8H2,1H3. The van der Waals surface area contributed by atoms with Crippen LogP contribution in [0.4, 0.5) is 0 Å². The molecule has 90 valence electrons. The first-order valence-corrected chi connectivity index (χ1v) is 6.05. The first kappa shape index (κ1) is 11.6. The van der Waals surface area contributed by atoms with Crippen molar-refractivity contribution in [2.45, 2.75) is 38.1 Å². The van der Waals surface area contributed by atoms with E-state index in [-0.39, 0.29) is 24.5 Å². The topological polar surface area (TPSA) is 46.6 Å². The molecule has 0 aromatic rings. The molecule has 2 atom stereocenters. The van der Waals surface area contributed by atoms with Gasteiger partial charge < -0.3 is 9.64 Å². The van der Waals surface area contributed by atoms with Gasteiger partial charge in [-0.25, -0.2) is 0 Å². The van der Waals surface area contributed by atoms with Gasteiger partial charge in [-0.2, -0.15) is 0 Å². The molecule has 4 heteroatoms. The summed E-state index contributed by atoms with van der Waals surface area (Å²) in [4.78, 5) is 25.4. The van der Waals surface area contributed by atoms with Crippen LogP contribution in [0.1, 0.15) is 32.1 Å². The van der Waals surface area contributed by atoms with Crippen molar-refractivity contribution in [3.05, 3.63) is 0 Å². The van der Waals surface area contributed by atoms with Crippen LogP contribution in [0.15, 0.2) is 0 Å². The van der Waals surface area contributed by atoms with Crippen molar-refractivity contribution < 1.29 is 14.3 Å². The Balaban J connectivity index is 2.02. The van der Waals surface area contributed by atoms with Gasteiger partial charge in [0.15, 0.2) is 0 Å². The lowest BCUT2D eigenvalue weighted by molar-refractivity contribution is -0.137. The molecule has 1 saturated carbocycles. The van der Waals surface area contributed by atoms with Crippen molar-refractivity contribution in [3.8, 4) is 0 Å². The molecule has 0 aromatic carbocycles. The Hall–Kier alpha value is -0.900. The zero-order chi connectivity index (χ0) is 11.5. The van der Waals surface area contributed by atoms with Crippen molar-refractivity contribution in [1.82, 2.24) is 4.90 Å². The predicted octanol–water partition coefficient (Wildman–Crippen LogP) is 0.993. The first-order chi connectivity index (χ1) is 7.74. The molecule has 1 amide bonds. The molecule has 0 N–H and O–H groups in total. The van der Waals surface area contributed by atoms with Crippen molar-refractivity contribution in [3.63, 3.8) is 0 Å². The normalized spacial score (nSPS) is 30.1. The van der Waals surface area contributed by atoms with Gasteiger partial charge in [0, 0.05) is 32.0 Å². The molecular weight excluding hydrogens is 206 g/mol. The predicted molar refractivity (Wildman–Crippen MR) is 59.0 cm³/mol. The molecule has 2 unspecified atom stereocenters. The fourth-order valence-electron chi connectivity index (χ4n) is 2.98. The molecule has 1 aliphatic carbocycles. The molecule has 2 aliphatic rings. The molecule has 0 aromatic heterocycles. The second-order valence-electron chi connectivity index (χ2n) is 4.69. The Labute approximate surface area is 95.9 Å². The quantitative estimate of drug-likeness (QED) is 0.719. The maximum atomic E-state index is 11.8. The summed E-state index contributed by atoms with van der Waals surface area (Å²) in [5.41, 5.74) is 0. The van der Waals surface area contributed by atoms with Gasteiger partial charge in [0.25, 0.3) is 0 Å². The number of ether oxygens (including phenoxy) is 1. The van der Waals surface area contributed by atoms with E-state index in [9.17, 15) is 9.59 Å². The molecule has 1 saturated heterocycles. The zero-order valence-electron chi connectivity index (χ0n) is 9.78. The van der Waals surface area contributed by atoms with Crippen LogP contribution in [0.25, 0.3) is 0 Å². The van der Waals surface area contributed by atoms with Crippen LogP contribution < -0.4 is 0 Å². The van der Waals surface area contributed by atoms with E-state index in [1.165, 1.54) is 7.11 Å². The Kier molecular flexibility index (Phi) is 3.59. The maximum absolute atomic E-state index is 11.8. The van der Waals surface area contributed by atoms with E-state index >= 15 is 0 Å². The third kappa shape index (κ3) is 2.12. The number of nitrogens with zero attached hydrogens (tertiary/aromatic N) is 1. The monoisotopic (exact) mass is 225 g/mol. The highest BCUT2D eigenvalue weighted by atomic mass is 16.5. The fourth-order valence-corrected chi connectivity index (χ4v) is 2.98. The maximum Gasteiger partial charge on any atom is 0.248 e. The summed E-state index contributed by atoms with van der Waals surface area (Å²) in [7, 11) is 1.53. The van der Waals surface area contributed by atoms with Gasteiger partial charge in [0.1, 0.15) is 12.4 Å². The molecule has 2 fully saturated rings. The number of carbonyl (C=O) groups excluding carboxylic acids is 2. The van der Waals surface area contributed by atoms with Crippen molar-refractivity contribution in [2.75, 3.05) is 20.3 Å². The van der Waals surface area contributed by atoms with Crippen LogP contribution in [0.5, 0.6) is 0 Å². The molecule has 16 heavy (non-hydrogen) atoms. The number of rotatable bonds is 3. The summed E-state index contributed by atoms with van der Waals surface area (Å²) in [6.45, 7) is 0.925. The molecular formula is C12H19NO3. The van der Waals surface area contributed by atoms with Crippen LogP contribution >= 0.6 is 0 Å². The molecule has 2 rings (SSSR count). The minimum Gasteiger partial charge on any atom is -0.375 e. The second kappa shape index (κ2) is 4.95. The summed E-state index contributed by atoms with van der Waals surface area (Å²) in [6.07, 6.45) is 4.65. The number of ketones is 1. The van der Waals surface area contributed by atoms with Crippen LogP contribution in [0, 0.1) is 5.92 Å². The summed E-state index contributed by atoms with van der Waals surface area (Å²) < 4.78 is 4.88. The van der Waals surface area contributed by atoms with Crippen LogP contribution in [-0.4, -0.2) is 42.9 Å². The lowest BCUT2D eigenvalue weighted by atomic mass is 9.95. The largest absolute Gasteiger partial charge is 0.375 e. The Morgan fingerprint density at radius 2 is 2.25 bits per heavy atom. The Morgan fingerprint density at radius 1 is 1.44 bits per heavy atom. The number of carbonyl (C=O) groups is 2. The number of hydrogen-bond acceptors (Lipinski definition) is 3. The lowest BCUT2D eigenvalue weighted by Crippen LogP contribution is -2.42. The summed E-state index contributed by atoms with van der Waals surface area (Å²) >= 11 is 0. The molecule has 1 aliphatic heterocycles. The zero-order valence-corrected chi connectivity index (χ0v) is 9.78. The van der Waals surface area contributed by atoms with Gasteiger partial charge in [0.2, 0.25) is 5.91 Å². The molecule has 4 nitrogen and oxygen atoms in total. The first-order valence-electron chi connectivity index (χ1n) is 6.05. The van der Waals surface area contributed by atoms with Gasteiger partial charge in [0.05, 0.1) is 0 Å². The molecule has 0 radical (unpaired) electrons. The number of amides is 1. The minimum absolute atomic E-state index is 0.0321. The highest BCUT2D eigenvalue weighted by Gasteiger charge is 2.39. The van der Waals surface area contributed by atoms with Gasteiger partial charge in [-0.15, -0.1) is 0 Å². The van der Waals surface area contributed by atoms with Gasteiger partial charge >= 0.3 is 0 Å². The summed E-state index contributed by atoms with van der Waals surface area (Å²) in [5, 5.41) is 0. The van der Waals surface area contributed by atoms with E-state index in [1.807, 2.05) is 4.90 Å². The van der Waals surface area contributed by atoms with E-state index in [0.29, 0.717) is 12.2 Å². The van der Waals surface area contributed by atoms with E-state index in [4.69, 9.17) is 4.74 Å². The third-order valence-corrected chi connectivity index (χ3v) is 3.70. The third-order valence-electron chi connectivity index (χ3n) is 3.70. The Morgan fingerprint density at radius 3 is 2.88 bits per heavy atom. The molecule has 1 heterocycles. The minimum atomic E-state index is 0.0321. The van der Waals surface area contributed by atoms with Crippen LogP contribution in [0.3, 0.4) is 0 Å². The van der Waals surface area contributed by atoms with Crippen LogP contribution in [-0.2, 0) is 14.3 Å². The number of Topliss-reactive ketones (excluding diaryl/α,β-unsaturated/α-hetero) is 1. The summed E-state index contributed by atoms with van der Waals surface area (Å²) in [5.74, 6) is 0.482. The van der Waals surface area contributed by atoms with Gasteiger partial charge in [-0.3, -0.25) is 9.59 Å². The number of methoxy groups -OCH3 is 1. The van der Waals surface area contributed by atoms with E-state index in [1.54, 1.807) is 0 Å². The molecule has 0 bridgehead atoms. The van der Waals surface area contributed by atoms with Crippen LogP contribution in [0.2, 0.25) is 0 Å². The number of hydrogen-bond donors (Lipinski definition) is 0. The SMILES string of the molecule is COCC(=O)N1CCCC1C1CCCC1=O. The van der Waals surface area contributed by atoms with Gasteiger partial charge in [-0.05, 0) is 25.7 Å². The van der Waals surface area contributed by atoms with E-state index < -0.39 is 0 Å². The van der Waals surface area contributed by atoms with E-state index in [0.717, 1.165) is 32.2 Å². The lowest BCUT2D eigenvalue weighted by Gasteiger charge is -2.28.